The molecule has 0 radical (unpaired) electrons. The van der Waals surface area contributed by atoms with Gasteiger partial charge in [-0.05, 0) is 59.3 Å². The van der Waals surface area contributed by atoms with Gasteiger partial charge < -0.3 is 0 Å². The van der Waals surface area contributed by atoms with Crippen molar-refractivity contribution in [3.8, 4) is 28.4 Å². The Labute approximate surface area is 148 Å². The highest BCUT2D eigenvalue weighted by molar-refractivity contribution is 8.03. The summed E-state index contributed by atoms with van der Waals surface area (Å²) in [5.74, 6) is 3.99. The van der Waals surface area contributed by atoms with Crippen LogP contribution in [0.25, 0.3) is 11.1 Å². The molecule has 0 aliphatic carbocycles. The molecule has 120 valence electrons. The number of thiocyanates is 1. The van der Waals surface area contributed by atoms with Crippen LogP contribution in [0.3, 0.4) is 0 Å². The zero-order chi connectivity index (χ0) is 17.6. The fourth-order valence-electron chi connectivity index (χ4n) is 2.27. The summed E-state index contributed by atoms with van der Waals surface area (Å²) in [5.41, 5.74) is 2.46. The lowest BCUT2D eigenvalue weighted by molar-refractivity contribution is 0.577. The van der Waals surface area contributed by atoms with Gasteiger partial charge in [-0.25, -0.2) is 8.78 Å². The molecule has 3 aromatic rings. The predicted octanol–water partition coefficient (Wildman–Crippen LogP) is 5.60. The van der Waals surface area contributed by atoms with Gasteiger partial charge in [0, 0.05) is 10.5 Å². The van der Waals surface area contributed by atoms with Crippen molar-refractivity contribution in [2.45, 2.75) is 4.90 Å². The second-order valence-electron chi connectivity index (χ2n) is 5.14. The highest BCUT2D eigenvalue weighted by Gasteiger charge is 2.04. The minimum atomic E-state index is -0.667. The summed E-state index contributed by atoms with van der Waals surface area (Å²) in [4.78, 5) is 0.889. The Kier molecular flexibility index (Phi) is 5.14. The van der Waals surface area contributed by atoms with Crippen molar-refractivity contribution in [2.24, 2.45) is 0 Å². The number of nitrogens with zero attached hydrogens (tertiary/aromatic N) is 1. The Bertz CT molecular complexity index is 971. The fraction of sp³-hybridized carbons (Fsp3) is 0. The fourth-order valence-corrected chi connectivity index (χ4v) is 2.64. The van der Waals surface area contributed by atoms with E-state index in [-0.39, 0.29) is 5.56 Å². The first-order valence-corrected chi connectivity index (χ1v) is 8.21. The standard InChI is InChI=1S/C21H11F2NS/c22-20-2-1-3-21(23)19(20)13-6-15-4-7-16(8-5-15)17-9-11-18(12-10-17)25-14-24/h1-5,7-12H. The van der Waals surface area contributed by atoms with E-state index in [1.165, 1.54) is 18.2 Å². The molecule has 1 nitrogen and oxygen atoms in total. The molecule has 0 saturated heterocycles. The lowest BCUT2D eigenvalue weighted by Crippen LogP contribution is -1.88. The van der Waals surface area contributed by atoms with Gasteiger partial charge in [0.15, 0.2) is 0 Å². The molecule has 0 aliphatic rings. The van der Waals surface area contributed by atoms with E-state index in [9.17, 15) is 8.78 Å². The minimum absolute atomic E-state index is 0.225. The molecule has 3 rings (SSSR count). The number of thioether (sulfide) groups is 1. The van der Waals surface area contributed by atoms with Crippen molar-refractivity contribution in [1.82, 2.24) is 0 Å². The second kappa shape index (κ2) is 7.66. The predicted molar refractivity (Wildman–Crippen MR) is 95.7 cm³/mol. The van der Waals surface area contributed by atoms with E-state index in [2.05, 4.69) is 11.8 Å². The molecule has 0 saturated carbocycles. The number of hydrogen-bond acceptors (Lipinski definition) is 2. The number of halogens is 2. The quantitative estimate of drug-likeness (QED) is 0.342. The summed E-state index contributed by atoms with van der Waals surface area (Å²) in [6.45, 7) is 0. The van der Waals surface area contributed by atoms with E-state index in [4.69, 9.17) is 5.26 Å². The van der Waals surface area contributed by atoms with Gasteiger partial charge in [-0.1, -0.05) is 42.2 Å². The molecule has 0 fully saturated rings. The maximum atomic E-state index is 13.6. The van der Waals surface area contributed by atoms with Crippen LogP contribution in [0.5, 0.6) is 0 Å². The molecule has 4 heteroatoms. The van der Waals surface area contributed by atoms with Crippen molar-refractivity contribution in [2.75, 3.05) is 0 Å². The van der Waals surface area contributed by atoms with Gasteiger partial charge in [-0.15, -0.1) is 0 Å². The second-order valence-corrected chi connectivity index (χ2v) is 6.00. The number of hydrogen-bond donors (Lipinski definition) is 0. The summed E-state index contributed by atoms with van der Waals surface area (Å²) in [6.07, 6.45) is 0. The summed E-state index contributed by atoms with van der Waals surface area (Å²) < 4.78 is 27.1. The highest BCUT2D eigenvalue weighted by Crippen LogP contribution is 2.24. The normalized spacial score (nSPS) is 9.80. The molecule has 0 unspecified atom stereocenters. The molecule has 0 aromatic heterocycles. The Hall–Kier alpha value is -3.08. The minimum Gasteiger partial charge on any atom is -0.206 e. The third-order valence-electron chi connectivity index (χ3n) is 3.53. The summed E-state index contributed by atoms with van der Waals surface area (Å²) in [5, 5.41) is 10.7. The number of rotatable bonds is 2. The van der Waals surface area contributed by atoms with Gasteiger partial charge >= 0.3 is 0 Å². The first-order valence-electron chi connectivity index (χ1n) is 7.40. The molecule has 3 aromatic carbocycles. The third-order valence-corrected chi connectivity index (χ3v) is 4.13. The van der Waals surface area contributed by atoms with Crippen LogP contribution in [-0.4, -0.2) is 0 Å². The van der Waals surface area contributed by atoms with Crippen molar-refractivity contribution in [1.29, 1.82) is 5.26 Å². The van der Waals surface area contributed by atoms with Gasteiger partial charge in [-0.3, -0.25) is 0 Å². The van der Waals surface area contributed by atoms with Crippen LogP contribution >= 0.6 is 11.8 Å². The van der Waals surface area contributed by atoms with Gasteiger partial charge in [0.1, 0.15) is 17.0 Å². The molecule has 0 N–H and O–H groups in total. The van der Waals surface area contributed by atoms with Crippen LogP contribution in [0.2, 0.25) is 0 Å². The molecule has 0 aliphatic heterocycles. The largest absolute Gasteiger partial charge is 0.206 e. The molecule has 0 heterocycles. The van der Waals surface area contributed by atoms with Crippen molar-refractivity contribution in [3.63, 3.8) is 0 Å². The highest BCUT2D eigenvalue weighted by atomic mass is 32.2. The molecular formula is C21H11F2NS. The first kappa shape index (κ1) is 16.8. The van der Waals surface area contributed by atoms with E-state index in [1.54, 1.807) is 12.1 Å². The summed E-state index contributed by atoms with van der Waals surface area (Å²) >= 11 is 1.11. The Balaban J connectivity index is 1.82. The van der Waals surface area contributed by atoms with E-state index in [0.29, 0.717) is 5.56 Å². The SMILES string of the molecule is N#CSc1ccc(-c2ccc(C#Cc3c(F)cccc3F)cc2)cc1. The zero-order valence-corrected chi connectivity index (χ0v) is 13.8. The van der Waals surface area contributed by atoms with Crippen LogP contribution < -0.4 is 0 Å². The van der Waals surface area contributed by atoms with Gasteiger partial charge in [0.2, 0.25) is 0 Å². The van der Waals surface area contributed by atoms with Gasteiger partial charge in [-0.2, -0.15) is 5.26 Å². The lowest BCUT2D eigenvalue weighted by Gasteiger charge is -2.02. The Morgan fingerprint density at radius 3 is 1.84 bits per heavy atom. The summed E-state index contributed by atoms with van der Waals surface area (Å²) in [6, 6.07) is 18.7. The average Bonchev–Trinajstić information content (AvgIpc) is 2.63. The smallest absolute Gasteiger partial charge is 0.141 e. The van der Waals surface area contributed by atoms with E-state index in [0.717, 1.165) is 27.8 Å². The first-order chi connectivity index (χ1) is 12.2. The summed E-state index contributed by atoms with van der Waals surface area (Å²) in [7, 11) is 0. The van der Waals surface area contributed by atoms with Crippen LogP contribution in [0.4, 0.5) is 8.78 Å². The van der Waals surface area contributed by atoms with Crippen molar-refractivity contribution < 1.29 is 8.78 Å². The van der Waals surface area contributed by atoms with Crippen LogP contribution in [0, 0.1) is 34.1 Å². The van der Waals surface area contributed by atoms with Crippen LogP contribution in [-0.2, 0) is 0 Å². The molecule has 25 heavy (non-hydrogen) atoms. The molecular weight excluding hydrogens is 336 g/mol. The zero-order valence-electron chi connectivity index (χ0n) is 13.0. The van der Waals surface area contributed by atoms with E-state index in [1.807, 2.05) is 41.8 Å². The van der Waals surface area contributed by atoms with Crippen LogP contribution in [0.15, 0.2) is 71.6 Å². The third kappa shape index (κ3) is 4.07. The number of benzene rings is 3. The van der Waals surface area contributed by atoms with Crippen molar-refractivity contribution in [3.05, 3.63) is 89.5 Å². The molecule has 0 amide bonds. The van der Waals surface area contributed by atoms with Crippen molar-refractivity contribution >= 4 is 11.8 Å². The maximum Gasteiger partial charge on any atom is 0.141 e. The molecule has 0 atom stereocenters. The Morgan fingerprint density at radius 2 is 1.28 bits per heavy atom. The molecule has 0 spiro atoms. The Morgan fingerprint density at radius 1 is 0.720 bits per heavy atom. The molecule has 0 bridgehead atoms. The number of nitriles is 1. The monoisotopic (exact) mass is 347 g/mol. The lowest BCUT2D eigenvalue weighted by atomic mass is 10.0. The average molecular weight is 347 g/mol. The van der Waals surface area contributed by atoms with Crippen LogP contribution in [0.1, 0.15) is 11.1 Å². The van der Waals surface area contributed by atoms with Gasteiger partial charge in [0.05, 0.1) is 5.56 Å². The van der Waals surface area contributed by atoms with E-state index >= 15 is 0 Å². The van der Waals surface area contributed by atoms with Gasteiger partial charge in [0.25, 0.3) is 0 Å². The van der Waals surface area contributed by atoms with E-state index < -0.39 is 11.6 Å². The topological polar surface area (TPSA) is 23.8 Å². The maximum absolute atomic E-state index is 13.6.